The van der Waals surface area contributed by atoms with E-state index in [4.69, 9.17) is 69.6 Å². The molecule has 0 aromatic carbocycles. The summed E-state index contributed by atoms with van der Waals surface area (Å²) in [6.45, 7) is 0. The molecule has 72 valence electrons. The lowest BCUT2D eigenvalue weighted by atomic mass is 11.1. The van der Waals surface area contributed by atoms with Crippen LogP contribution in [0, 0.1) is 0 Å². The van der Waals surface area contributed by atoms with Gasteiger partial charge < -0.3 is 0 Å². The molecule has 1 saturated heterocycles. The van der Waals surface area contributed by atoms with Crippen molar-refractivity contribution in [1.82, 2.24) is 0 Å². The summed E-state index contributed by atoms with van der Waals surface area (Å²) in [4.78, 5) is 0. The maximum absolute atomic E-state index is 5.34. The maximum Gasteiger partial charge on any atom is 0.340 e. The van der Waals surface area contributed by atoms with Crippen molar-refractivity contribution in [2.24, 2.45) is 0 Å². The van der Waals surface area contributed by atoms with Crippen LogP contribution < -0.4 is 0 Å². The highest BCUT2D eigenvalue weighted by Gasteiger charge is 2.55. The smallest absolute Gasteiger partial charge is 0.264 e. The lowest BCUT2D eigenvalue weighted by Crippen LogP contribution is -2.49. The van der Waals surface area contributed by atoms with Crippen LogP contribution in [-0.2, 0) is 14.2 Å². The Morgan fingerprint density at radius 3 is 0.833 bits per heavy atom. The van der Waals surface area contributed by atoms with E-state index in [0.29, 0.717) is 0 Å². The van der Waals surface area contributed by atoms with E-state index in [1.807, 2.05) is 0 Å². The molecule has 0 atom stereocenters. The van der Waals surface area contributed by atoms with E-state index in [1.54, 1.807) is 0 Å². The van der Waals surface area contributed by atoms with Gasteiger partial charge in [-0.1, -0.05) is 0 Å². The molecule has 1 aliphatic rings. The molecule has 0 aromatic rings. The van der Waals surface area contributed by atoms with Crippen LogP contribution in [-0.4, -0.2) is 14.1 Å². The van der Waals surface area contributed by atoms with E-state index < -0.39 is 14.1 Å². The highest BCUT2D eigenvalue weighted by Crippen LogP contribution is 2.49. The first kappa shape index (κ1) is 11.7. The molecule has 0 bridgehead atoms. The van der Waals surface area contributed by atoms with E-state index in [1.165, 1.54) is 0 Å². The van der Waals surface area contributed by atoms with Crippen LogP contribution in [0.2, 0.25) is 0 Å². The minimum Gasteiger partial charge on any atom is -0.264 e. The van der Waals surface area contributed by atoms with E-state index in [0.717, 1.165) is 0 Å². The Labute approximate surface area is 97.6 Å². The standard InChI is InChI=1S/C3Cl6O3/c4-1(5)10-2(6,7)12-3(8,9)11-1. The molecular weight excluding hydrogens is 297 g/mol. The van der Waals surface area contributed by atoms with Crippen LogP contribution in [0.5, 0.6) is 0 Å². The Morgan fingerprint density at radius 1 is 0.500 bits per heavy atom. The summed E-state index contributed by atoms with van der Waals surface area (Å²) in [7, 11) is 0. The summed E-state index contributed by atoms with van der Waals surface area (Å²) < 4.78 is 6.85. The molecule has 0 aromatic heterocycles. The topological polar surface area (TPSA) is 27.7 Å². The molecule has 0 amide bonds. The van der Waals surface area contributed by atoms with E-state index in [2.05, 4.69) is 14.2 Å². The van der Waals surface area contributed by atoms with Crippen molar-refractivity contribution in [3.05, 3.63) is 0 Å². The maximum atomic E-state index is 5.34. The summed E-state index contributed by atoms with van der Waals surface area (Å²) in [5.41, 5.74) is 0. The zero-order valence-electron chi connectivity index (χ0n) is 4.99. The number of hydrogen-bond donors (Lipinski definition) is 0. The van der Waals surface area contributed by atoms with Gasteiger partial charge in [0.25, 0.3) is 0 Å². The predicted octanol–water partition coefficient (Wildman–Crippen LogP) is 3.32. The summed E-state index contributed by atoms with van der Waals surface area (Å²) in [6.07, 6.45) is 0. The zero-order valence-corrected chi connectivity index (χ0v) is 9.53. The summed E-state index contributed by atoms with van der Waals surface area (Å²) in [6, 6.07) is 0. The van der Waals surface area contributed by atoms with E-state index in [9.17, 15) is 0 Å². The molecule has 0 aliphatic carbocycles. The Bertz CT molecular complexity index is 145. The third-order valence-electron chi connectivity index (χ3n) is 0.713. The molecule has 9 heteroatoms. The van der Waals surface area contributed by atoms with E-state index in [-0.39, 0.29) is 0 Å². The zero-order chi connectivity index (χ0) is 9.62. The van der Waals surface area contributed by atoms with Gasteiger partial charge in [-0.25, -0.2) is 0 Å². The molecule has 12 heavy (non-hydrogen) atoms. The van der Waals surface area contributed by atoms with Crippen molar-refractivity contribution < 1.29 is 14.2 Å². The first-order valence-electron chi connectivity index (χ1n) is 2.36. The lowest BCUT2D eigenvalue weighted by Gasteiger charge is -2.39. The van der Waals surface area contributed by atoms with Crippen molar-refractivity contribution >= 4 is 69.6 Å². The number of halogens is 6. The van der Waals surface area contributed by atoms with Gasteiger partial charge in [0.2, 0.25) is 0 Å². The largest absolute Gasteiger partial charge is 0.340 e. The highest BCUT2D eigenvalue weighted by molar-refractivity contribution is 6.52. The summed E-state index contributed by atoms with van der Waals surface area (Å²) >= 11 is 32.1. The molecule has 1 fully saturated rings. The van der Waals surface area contributed by atoms with Gasteiger partial charge >= 0.3 is 14.1 Å². The molecular formula is C3Cl6O3. The quantitative estimate of drug-likeness (QED) is 0.642. The van der Waals surface area contributed by atoms with Gasteiger partial charge in [0.1, 0.15) is 0 Å². The molecule has 3 nitrogen and oxygen atoms in total. The van der Waals surface area contributed by atoms with Crippen molar-refractivity contribution in [2.45, 2.75) is 14.1 Å². The van der Waals surface area contributed by atoms with Crippen LogP contribution in [0.3, 0.4) is 0 Å². The predicted molar refractivity (Wildman–Crippen MR) is 46.6 cm³/mol. The fourth-order valence-electron chi connectivity index (χ4n) is 0.477. The monoisotopic (exact) mass is 294 g/mol. The summed E-state index contributed by atoms with van der Waals surface area (Å²) in [5, 5.41) is 0. The second kappa shape index (κ2) is 3.33. The van der Waals surface area contributed by atoms with Gasteiger partial charge in [0.15, 0.2) is 0 Å². The van der Waals surface area contributed by atoms with Gasteiger partial charge in [-0.05, 0) is 69.6 Å². The van der Waals surface area contributed by atoms with Crippen LogP contribution in [0.15, 0.2) is 0 Å². The lowest BCUT2D eigenvalue weighted by molar-refractivity contribution is -0.358. The second-order valence-electron chi connectivity index (χ2n) is 1.70. The number of rotatable bonds is 0. The molecule has 0 spiro atoms. The van der Waals surface area contributed by atoms with Crippen LogP contribution in [0.25, 0.3) is 0 Å². The van der Waals surface area contributed by atoms with E-state index >= 15 is 0 Å². The molecule has 0 unspecified atom stereocenters. The van der Waals surface area contributed by atoms with Gasteiger partial charge in [0, 0.05) is 0 Å². The highest BCUT2D eigenvalue weighted by atomic mass is 35.5. The average molecular weight is 297 g/mol. The Balaban J connectivity index is 2.81. The first-order chi connectivity index (χ1) is 5.12. The Kier molecular flexibility index (Phi) is 3.25. The molecule has 0 saturated carbocycles. The molecule has 1 rings (SSSR count). The SMILES string of the molecule is ClC1(Cl)OC(Cl)(Cl)OC(Cl)(Cl)O1. The minimum absolute atomic E-state index is 2.16. The van der Waals surface area contributed by atoms with Crippen molar-refractivity contribution in [2.75, 3.05) is 0 Å². The van der Waals surface area contributed by atoms with Crippen LogP contribution >= 0.6 is 69.6 Å². The third kappa shape index (κ3) is 3.40. The summed E-state index contributed by atoms with van der Waals surface area (Å²) in [5.74, 6) is 0. The second-order valence-corrected chi connectivity index (χ2v) is 5.26. The number of alkyl halides is 6. The fourth-order valence-corrected chi connectivity index (χ4v) is 2.26. The molecule has 0 N–H and O–H groups in total. The van der Waals surface area contributed by atoms with Gasteiger partial charge in [0.05, 0.1) is 0 Å². The normalized spacial score (nSPS) is 31.5. The molecule has 0 radical (unpaired) electrons. The fraction of sp³-hybridized carbons (Fsp3) is 1.00. The molecule has 1 heterocycles. The minimum atomic E-state index is -2.16. The number of hydrogen-bond acceptors (Lipinski definition) is 3. The van der Waals surface area contributed by atoms with Crippen molar-refractivity contribution in [1.29, 1.82) is 0 Å². The Hall–Kier alpha value is 1.62. The number of ether oxygens (including phenoxy) is 3. The first-order valence-corrected chi connectivity index (χ1v) is 4.63. The molecule has 1 aliphatic heterocycles. The van der Waals surface area contributed by atoms with Gasteiger partial charge in [-0.15, -0.1) is 0 Å². The van der Waals surface area contributed by atoms with Crippen molar-refractivity contribution in [3.63, 3.8) is 0 Å². The third-order valence-corrected chi connectivity index (χ3v) is 1.64. The Morgan fingerprint density at radius 2 is 0.667 bits per heavy atom. The average Bonchev–Trinajstić information content (AvgIpc) is 1.44. The van der Waals surface area contributed by atoms with Crippen LogP contribution in [0.4, 0.5) is 0 Å². The van der Waals surface area contributed by atoms with Gasteiger partial charge in [-0.2, -0.15) is 0 Å². The van der Waals surface area contributed by atoms with Crippen molar-refractivity contribution in [3.8, 4) is 0 Å². The van der Waals surface area contributed by atoms with Crippen LogP contribution in [0.1, 0.15) is 0 Å². The van der Waals surface area contributed by atoms with Gasteiger partial charge in [-0.3, -0.25) is 14.2 Å².